The van der Waals surface area contributed by atoms with E-state index in [0.717, 1.165) is 37.2 Å². The molecule has 6 heteroatoms. The monoisotopic (exact) mass is 325 g/mol. The first kappa shape index (κ1) is 15.3. The van der Waals surface area contributed by atoms with Crippen molar-refractivity contribution in [1.82, 2.24) is 0 Å². The van der Waals surface area contributed by atoms with E-state index in [1.165, 1.54) is 20.2 Å². The Kier molecular flexibility index (Phi) is 9.31. The molecule has 0 rings (SSSR count). The summed E-state index contributed by atoms with van der Waals surface area (Å²) in [6.45, 7) is 1.17. The van der Waals surface area contributed by atoms with Crippen molar-refractivity contribution < 1.29 is 33.2 Å². The molecule has 0 amide bonds. The Hall–Kier alpha value is 1.35. The second kappa shape index (κ2) is 8.49. The molecule has 0 aliphatic heterocycles. The molecule has 3 nitrogen and oxygen atoms in total. The van der Waals surface area contributed by atoms with Crippen LogP contribution in [0, 0.1) is 0 Å². The molecule has 0 aliphatic carbocycles. The third-order valence-corrected chi connectivity index (χ3v) is 9.91. The van der Waals surface area contributed by atoms with Gasteiger partial charge in [0.25, 0.3) is 0 Å². The molecule has 0 aliphatic rings. The van der Waals surface area contributed by atoms with Gasteiger partial charge in [0.2, 0.25) is 0 Å². The van der Waals surface area contributed by atoms with Gasteiger partial charge >= 0.3 is 101 Å². The molecule has 0 aromatic heterocycles. The van der Waals surface area contributed by atoms with Crippen LogP contribution < -0.4 is 0 Å². The molecule has 0 atom stereocenters. The average molecular weight is 323 g/mol. The van der Waals surface area contributed by atoms with Gasteiger partial charge in [0.1, 0.15) is 0 Å². The third kappa shape index (κ3) is 6.05. The predicted molar refractivity (Wildman–Crippen MR) is 59.4 cm³/mol. The molecule has 0 fully saturated rings. The molecule has 0 heterocycles. The summed E-state index contributed by atoms with van der Waals surface area (Å²) in [6, 6.07) is 0. The maximum atomic E-state index is 9.70. The van der Waals surface area contributed by atoms with Crippen LogP contribution in [0.1, 0.15) is 39.5 Å². The Morgan fingerprint density at radius 2 is 1.57 bits per heavy atom. The van der Waals surface area contributed by atoms with Crippen molar-refractivity contribution in [2.75, 3.05) is 11.5 Å². The first-order chi connectivity index (χ1) is 6.58. The summed E-state index contributed by atoms with van der Waals surface area (Å²) in [4.78, 5) is 19.4. The van der Waals surface area contributed by atoms with Crippen LogP contribution in [0.2, 0.25) is 0 Å². The van der Waals surface area contributed by atoms with Gasteiger partial charge in [-0.15, -0.1) is 0 Å². The van der Waals surface area contributed by atoms with E-state index in [1.54, 1.807) is 0 Å². The van der Waals surface area contributed by atoms with E-state index < -0.39 is 6.72 Å². The van der Waals surface area contributed by atoms with Crippen molar-refractivity contribution in [3.63, 3.8) is 0 Å². The first-order valence-corrected chi connectivity index (χ1v) is 9.52. The Morgan fingerprint density at radius 3 is 1.86 bits per heavy atom. The van der Waals surface area contributed by atoms with E-state index in [-0.39, 0.29) is 10.1 Å². The fourth-order valence-electron chi connectivity index (χ4n) is 1.00. The summed E-state index contributed by atoms with van der Waals surface area (Å²) in [5, 5.41) is 0. The van der Waals surface area contributed by atoms with Gasteiger partial charge in [0.05, 0.1) is 0 Å². The van der Waals surface area contributed by atoms with Gasteiger partial charge < -0.3 is 0 Å². The summed E-state index contributed by atoms with van der Waals surface area (Å²) < 4.78 is 4.84. The molecule has 0 aromatic carbocycles. The third-order valence-electron chi connectivity index (χ3n) is 1.90. The van der Waals surface area contributed by atoms with Crippen LogP contribution in [0.5, 0.6) is 0 Å². The second-order valence-electron chi connectivity index (χ2n) is 3.14. The van der Waals surface area contributed by atoms with Crippen LogP contribution in [-0.4, -0.2) is 21.3 Å². The van der Waals surface area contributed by atoms with E-state index in [0.29, 0.717) is 0 Å². The normalized spacial score (nSPS) is 12.4. The molecule has 87 valence electrons. The van der Waals surface area contributed by atoms with E-state index in [2.05, 4.69) is 13.8 Å². The van der Waals surface area contributed by atoms with Gasteiger partial charge in [0, 0.05) is 0 Å². The van der Waals surface area contributed by atoms with Crippen molar-refractivity contribution in [1.29, 1.82) is 0 Å². The standard InChI is InChI=1S/C8H20O3PS.Mo/c1-3-5-7-13(8-6-4-2)12(9,10)11;/h3-8H2,1-2H3,(H2-,9,10,11);/q-1;+1. The summed E-state index contributed by atoms with van der Waals surface area (Å²) >= 11 is 1.32. The molecular formula is C8H20MoO3PS. The van der Waals surface area contributed by atoms with Crippen LogP contribution in [0.25, 0.3) is 0 Å². The molecule has 0 saturated heterocycles. The summed E-state index contributed by atoms with van der Waals surface area (Å²) in [6.07, 6.45) is 4.31. The minimum absolute atomic E-state index is 0.332. The van der Waals surface area contributed by atoms with Crippen LogP contribution in [0.3, 0.4) is 0 Å². The first-order valence-electron chi connectivity index (χ1n) is 4.92. The molecule has 0 unspecified atom stereocenters. The van der Waals surface area contributed by atoms with Gasteiger partial charge in [-0.3, -0.25) is 0 Å². The molecular weight excluding hydrogens is 303 g/mol. The van der Waals surface area contributed by atoms with Gasteiger partial charge in [-0.25, -0.2) is 0 Å². The van der Waals surface area contributed by atoms with E-state index in [9.17, 15) is 9.79 Å². The Morgan fingerprint density at radius 1 is 1.14 bits per heavy atom. The number of rotatable bonds is 7. The fourth-order valence-corrected chi connectivity index (χ4v) is 7.38. The Balaban J connectivity index is 4.44. The van der Waals surface area contributed by atoms with Crippen LogP contribution >= 0.6 is 6.72 Å². The Bertz CT molecular complexity index is 195. The minimum atomic E-state index is -3.06. The Labute approximate surface area is 101 Å². The van der Waals surface area contributed by atoms with Crippen molar-refractivity contribution in [2.24, 2.45) is 0 Å². The fraction of sp³-hybridized carbons (Fsp3) is 1.00. The second-order valence-corrected chi connectivity index (χ2v) is 10.1. The predicted octanol–water partition coefficient (Wildman–Crippen LogP) is 2.35. The van der Waals surface area contributed by atoms with E-state index >= 15 is 0 Å². The van der Waals surface area contributed by atoms with Crippen molar-refractivity contribution in [3.05, 3.63) is 0 Å². The van der Waals surface area contributed by atoms with Crippen molar-refractivity contribution in [2.45, 2.75) is 39.5 Å². The zero-order chi connectivity index (χ0) is 11.0. The van der Waals surface area contributed by atoms with E-state index in [1.807, 2.05) is 0 Å². The molecule has 2 N–H and O–H groups in total. The van der Waals surface area contributed by atoms with Crippen LogP contribution in [0.4, 0.5) is 0 Å². The molecule has 0 bridgehead atoms. The topological polar surface area (TPSA) is 49.7 Å². The van der Waals surface area contributed by atoms with Crippen LogP contribution in [-0.2, 0) is 33.4 Å². The van der Waals surface area contributed by atoms with Gasteiger partial charge in [-0.2, -0.15) is 0 Å². The van der Waals surface area contributed by atoms with Crippen molar-refractivity contribution >= 4 is 16.8 Å². The van der Waals surface area contributed by atoms with Crippen LogP contribution in [0.15, 0.2) is 0 Å². The SMILES string of the molecule is CCCCS(CCCC)=P(O)(O)[O][Mo]. The van der Waals surface area contributed by atoms with Crippen molar-refractivity contribution in [3.8, 4) is 0 Å². The quantitative estimate of drug-likeness (QED) is 0.558. The molecule has 0 radical (unpaired) electrons. The summed E-state index contributed by atoms with van der Waals surface area (Å²) in [7, 11) is -0.332. The zero-order valence-corrected chi connectivity index (χ0v) is 12.5. The van der Waals surface area contributed by atoms with E-state index in [4.69, 9.17) is 3.18 Å². The van der Waals surface area contributed by atoms with Gasteiger partial charge in [-0.1, -0.05) is 0 Å². The number of hydrogen-bond donors (Lipinski definition) is 2. The summed E-state index contributed by atoms with van der Waals surface area (Å²) in [5.74, 6) is 1.79. The number of hydrogen-bond acceptors (Lipinski definition) is 1. The molecule has 14 heavy (non-hydrogen) atoms. The average Bonchev–Trinajstić information content (AvgIpc) is 2.17. The van der Waals surface area contributed by atoms with Gasteiger partial charge in [0.15, 0.2) is 0 Å². The molecule has 0 spiro atoms. The molecule has 0 saturated carbocycles. The number of unbranched alkanes of at least 4 members (excludes halogenated alkanes) is 2. The van der Waals surface area contributed by atoms with Gasteiger partial charge in [-0.05, 0) is 0 Å². The maximum absolute atomic E-state index is 9.70. The summed E-state index contributed by atoms with van der Waals surface area (Å²) in [5.41, 5.74) is 0. The zero-order valence-electron chi connectivity index (χ0n) is 8.81. The molecule has 0 aromatic rings.